The van der Waals surface area contributed by atoms with E-state index in [2.05, 4.69) is 119 Å². The molecule has 0 saturated heterocycles. The van der Waals surface area contributed by atoms with Gasteiger partial charge in [-0.3, -0.25) is 18.2 Å². The summed E-state index contributed by atoms with van der Waals surface area (Å²) in [7, 11) is -5.17. The Morgan fingerprint density at radius 3 is 0.603 bits per heavy atom. The Labute approximate surface area is 783 Å². The third-order valence-electron chi connectivity index (χ3n) is 21.2. The van der Waals surface area contributed by atoms with E-state index in [4.69, 9.17) is 87.1 Å². The highest BCUT2D eigenvalue weighted by Crippen LogP contribution is 2.27. The predicted octanol–water partition coefficient (Wildman–Crippen LogP) is 22.3. The minimum atomic E-state index is -5.17. The van der Waals surface area contributed by atoms with Gasteiger partial charge in [-0.15, -0.1) is 0 Å². The fourth-order valence-electron chi connectivity index (χ4n) is 13.2. The van der Waals surface area contributed by atoms with Crippen molar-refractivity contribution in [3.63, 3.8) is 0 Å². The molecule has 0 bridgehead atoms. The Hall–Kier alpha value is -7.61. The lowest BCUT2D eigenvalue weighted by atomic mass is 10.1. The van der Waals surface area contributed by atoms with Gasteiger partial charge in [0.05, 0.1) is 52.4 Å². The van der Waals surface area contributed by atoms with Gasteiger partial charge in [0.15, 0.2) is 0 Å². The van der Waals surface area contributed by atoms with Crippen LogP contribution in [0.1, 0.15) is 197 Å². The number of carbonyl (C=O) groups is 6. The van der Waals surface area contributed by atoms with Crippen LogP contribution in [0.15, 0.2) is 103 Å². The summed E-state index contributed by atoms with van der Waals surface area (Å²) < 4.78 is 36.9. The van der Waals surface area contributed by atoms with Crippen LogP contribution in [0.2, 0.25) is 30.1 Å². The number of amides is 12. The van der Waals surface area contributed by atoms with E-state index in [-0.39, 0.29) is 36.2 Å². The number of hydrogen-bond donors (Lipinski definition) is 12. The third-order valence-corrected chi connectivity index (χ3v) is 23.6. The first-order chi connectivity index (χ1) is 59.9. The first kappa shape index (κ1) is 114. The van der Waals surface area contributed by atoms with E-state index in [1.165, 1.54) is 164 Å². The highest BCUT2D eigenvalue weighted by molar-refractivity contribution is 7.79. The molecular weight excluding hydrogens is 1750 g/mol. The summed E-state index contributed by atoms with van der Waals surface area (Å²) in [5.41, 5.74) is 10.0. The maximum Gasteiger partial charge on any atom is 0.319 e. The normalized spacial score (nSPS) is 11.1. The van der Waals surface area contributed by atoms with Crippen molar-refractivity contribution in [3.8, 4) is 0 Å². The molecule has 6 rings (SSSR count). The van der Waals surface area contributed by atoms with Crippen molar-refractivity contribution in [2.45, 2.75) is 207 Å². The number of nitrogens with one attached hydrogen (secondary N) is 12. The van der Waals surface area contributed by atoms with E-state index in [1.54, 1.807) is 66.7 Å². The minimum absolute atomic E-state index is 0.326. The minimum Gasteiger partial charge on any atom is -0.759 e. The predicted molar refractivity (Wildman–Crippen MR) is 526 cm³/mol. The number of halogens is 6. The highest BCUT2D eigenvalue weighted by atomic mass is 35.5. The van der Waals surface area contributed by atoms with Crippen molar-refractivity contribution in [2.75, 3.05) is 163 Å². The van der Waals surface area contributed by atoms with Gasteiger partial charge in [0.1, 0.15) is 0 Å². The molecule has 126 heavy (non-hydrogen) atoms. The standard InChI is InChI=1S/C31H38Cl3N7O3.C30H36Cl3N7O3.2C16H36N.H2O4S/c1-19-5-7-23(16-26(19)32)38-29(42)35-9-12-41(13-10-36-30(43)39-24-8-6-20(2)27(33)17-24)14-11-37-31(44)40-25-15-21(3)22(4)28(34)18-25;1-19-4-7-22(16-25(19)31)37-28(41)34-10-13-40(14-11-35-29(42)38-23-8-5-20(2)26(32)17-23)15-12-36-30(43)39-24-9-6-21(3)27(33)18-24;2*1-5-9-13-17(14-10-6-2,15-11-7-3)16-12-8-4;1-5(2,3)4/h5-8,15-18H,9-14H2,1-4H3,(H2,35,38,42)(H2,36,39,43)(H2,37,40,44);4-9,16-18H,10-15H2,1-3H3,(H2,34,37,41)(H2,35,38,42)(H2,36,39,43);2*5-16H2,1-4H3;(H2,1,2,3,4)/q;;2*+1;/p-2. The number of aryl methyl sites for hydroxylation is 6. The van der Waals surface area contributed by atoms with Crippen LogP contribution in [-0.4, -0.2) is 203 Å². The summed E-state index contributed by atoms with van der Waals surface area (Å²) >= 11 is 37.0. The summed E-state index contributed by atoms with van der Waals surface area (Å²) in [6.45, 7) is 48.1. The van der Waals surface area contributed by atoms with Gasteiger partial charge >= 0.3 is 36.2 Å². The smallest absolute Gasteiger partial charge is 0.319 e. The molecule has 0 aliphatic heterocycles. The molecule has 0 aliphatic carbocycles. The zero-order valence-corrected chi connectivity index (χ0v) is 82.7. The largest absolute Gasteiger partial charge is 0.759 e. The van der Waals surface area contributed by atoms with Crippen LogP contribution in [-0.2, 0) is 10.4 Å². The van der Waals surface area contributed by atoms with E-state index >= 15 is 0 Å². The van der Waals surface area contributed by atoms with Crippen molar-refractivity contribution in [1.29, 1.82) is 0 Å². The number of urea groups is 6. The van der Waals surface area contributed by atoms with Gasteiger partial charge in [-0.2, -0.15) is 0 Å². The molecule has 0 fully saturated rings. The molecule has 0 heterocycles. The Morgan fingerprint density at radius 1 is 0.278 bits per heavy atom. The van der Waals surface area contributed by atoms with Crippen LogP contribution in [0.4, 0.5) is 62.9 Å². The first-order valence-electron chi connectivity index (χ1n) is 44.6. The molecule has 0 spiro atoms. The van der Waals surface area contributed by atoms with Gasteiger partial charge in [-0.1, -0.05) is 207 Å². The van der Waals surface area contributed by atoms with Gasteiger partial charge in [0, 0.05) is 153 Å². The SMILES string of the molecule is CCCC[N+](CCCC)(CCCC)CCCC.CCCC[N+](CCCC)(CCCC)CCCC.Cc1ccc(NC(=O)NCCN(CCNC(=O)Nc2ccc(C)c(Cl)c2)CCNC(=O)Nc2cc(C)c(C)c(Cl)c2)cc1Cl.Cc1ccc(NC(=O)NCCN(CCNC(=O)Nc2ccc(C)c(Cl)c2)CCNC(=O)Nc2ccc(C)c(Cl)c2)cc1Cl.O=S(=O)([O-])[O-]. The summed E-state index contributed by atoms with van der Waals surface area (Å²) in [5, 5.41) is 36.9. The van der Waals surface area contributed by atoms with Crippen LogP contribution in [0, 0.1) is 48.5 Å². The topological polar surface area (TPSA) is 334 Å². The van der Waals surface area contributed by atoms with Crippen LogP contribution >= 0.6 is 69.6 Å². The molecule has 0 aromatic heterocycles. The van der Waals surface area contributed by atoms with Gasteiger partial charge < -0.3 is 81.9 Å². The zero-order chi connectivity index (χ0) is 94.1. The molecule has 26 nitrogen and oxygen atoms in total. The van der Waals surface area contributed by atoms with E-state index in [9.17, 15) is 28.8 Å². The van der Waals surface area contributed by atoms with Crippen LogP contribution < -0.4 is 63.8 Å². The summed E-state index contributed by atoms with van der Waals surface area (Å²) in [6.07, 6.45) is 22.1. The molecule has 706 valence electrons. The van der Waals surface area contributed by atoms with Crippen LogP contribution in [0.5, 0.6) is 0 Å². The molecule has 0 atom stereocenters. The number of nitrogens with zero attached hydrogens (tertiary/aromatic N) is 4. The van der Waals surface area contributed by atoms with E-state index in [0.29, 0.717) is 143 Å². The Balaban J connectivity index is 0.000000605. The van der Waals surface area contributed by atoms with E-state index < -0.39 is 10.4 Å². The van der Waals surface area contributed by atoms with Crippen molar-refractivity contribution >= 4 is 150 Å². The molecule has 0 aliphatic rings. The van der Waals surface area contributed by atoms with Gasteiger partial charge in [0.2, 0.25) is 0 Å². The maximum absolute atomic E-state index is 12.5. The lowest BCUT2D eigenvalue weighted by Gasteiger charge is -2.39. The van der Waals surface area contributed by atoms with E-state index in [1.807, 2.05) is 94.7 Å². The Bertz CT molecular complexity index is 3940. The van der Waals surface area contributed by atoms with Crippen molar-refractivity contribution in [3.05, 3.63) is 172 Å². The average Bonchev–Trinajstić information content (AvgIpc) is 0.869. The molecule has 0 radical (unpaired) electrons. The second kappa shape index (κ2) is 65.0. The lowest BCUT2D eigenvalue weighted by molar-refractivity contribution is -0.929. The molecule has 0 unspecified atom stereocenters. The second-order valence-electron chi connectivity index (χ2n) is 31.9. The average molecular weight is 1890 g/mol. The van der Waals surface area contributed by atoms with Crippen LogP contribution in [0.25, 0.3) is 0 Å². The second-order valence-corrected chi connectivity index (χ2v) is 35.2. The molecule has 33 heteroatoms. The Kier molecular flexibility index (Phi) is 59.1. The molecule has 0 saturated carbocycles. The Morgan fingerprint density at radius 2 is 0.444 bits per heavy atom. The fraction of sp³-hybridized carbons (Fsp3) is 0.548. The number of unbranched alkanes of at least 4 members (excludes halogenated alkanes) is 8. The number of carbonyl (C=O) groups excluding carboxylic acids is 6. The van der Waals surface area contributed by atoms with Crippen LogP contribution in [0.3, 0.4) is 0 Å². The lowest BCUT2D eigenvalue weighted by Crippen LogP contribution is -2.50. The fourth-order valence-corrected chi connectivity index (χ4v) is 14.4. The van der Waals surface area contributed by atoms with Crippen molar-refractivity contribution in [1.82, 2.24) is 41.7 Å². The van der Waals surface area contributed by atoms with E-state index in [0.717, 1.165) is 38.9 Å². The monoisotopic (exact) mass is 1890 g/mol. The van der Waals surface area contributed by atoms with Crippen molar-refractivity contribution in [2.24, 2.45) is 0 Å². The number of anilines is 6. The van der Waals surface area contributed by atoms with Gasteiger partial charge in [-0.25, -0.2) is 28.8 Å². The number of hydrogen-bond acceptors (Lipinski definition) is 12. The van der Waals surface area contributed by atoms with Crippen molar-refractivity contribution < 1.29 is 55.3 Å². The quantitative estimate of drug-likeness (QED) is 0.00964. The summed E-state index contributed by atoms with van der Waals surface area (Å²) in [5.74, 6) is 0. The number of benzene rings is 6. The molecule has 6 aromatic rings. The molecule has 12 N–H and O–H groups in total. The summed E-state index contributed by atoms with van der Waals surface area (Å²) in [4.78, 5) is 78.6. The summed E-state index contributed by atoms with van der Waals surface area (Å²) in [6, 6.07) is 27.8. The molecule has 6 aromatic carbocycles. The van der Waals surface area contributed by atoms with Gasteiger partial charge in [0.25, 0.3) is 0 Å². The zero-order valence-electron chi connectivity index (χ0n) is 77.3. The maximum atomic E-state index is 12.5. The third kappa shape index (κ3) is 51.5. The number of rotatable bonds is 48. The first-order valence-corrected chi connectivity index (χ1v) is 48.2. The van der Waals surface area contributed by atoms with Gasteiger partial charge in [-0.05, 0) is 212 Å². The highest BCUT2D eigenvalue weighted by Gasteiger charge is 2.27. The molecular formula is C93H146Cl6N16O10S. The molecule has 12 amide bonds. The number of quaternary nitrogens is 2.